The SMILES string of the molecule is C.C.CCN(CC)c1ccc(C(=O)c2ccccc2C(=O)O)c(O)c1.CCN(CC)c1cccc(O)c1.I[I-]I.O=C1OC(=O)c2ccccc21. The van der Waals surface area contributed by atoms with Crippen LogP contribution in [-0.4, -0.2) is 65.2 Å². The van der Waals surface area contributed by atoms with Crippen LogP contribution in [0.1, 0.15) is 89.5 Å². The molecule has 0 bridgehead atoms. The van der Waals surface area contributed by atoms with E-state index in [1.807, 2.05) is 30.9 Å². The number of nitrogens with zero attached hydrogens (tertiary/aromatic N) is 2. The van der Waals surface area contributed by atoms with Gasteiger partial charge >= 0.3 is 68.4 Å². The molecule has 0 aromatic heterocycles. The average Bonchev–Trinajstić information content (AvgIpc) is 3.39. The molecule has 1 heterocycles. The third-order valence-corrected chi connectivity index (χ3v) is 7.27. The van der Waals surface area contributed by atoms with Gasteiger partial charge in [0.1, 0.15) is 11.5 Å². The zero-order valence-corrected chi connectivity index (χ0v) is 33.9. The first kappa shape index (κ1) is 47.5. The summed E-state index contributed by atoms with van der Waals surface area (Å²) in [4.78, 5) is 49.7. The molecular formula is C38H46I3N2O8-. The van der Waals surface area contributed by atoms with E-state index >= 15 is 0 Å². The summed E-state index contributed by atoms with van der Waals surface area (Å²) in [6, 6.07) is 24.7. The van der Waals surface area contributed by atoms with Crippen LogP contribution in [-0.2, 0) is 4.74 Å². The first-order valence-electron chi connectivity index (χ1n) is 15.2. The number of benzene rings is 4. The first-order chi connectivity index (χ1) is 23.5. The summed E-state index contributed by atoms with van der Waals surface area (Å²) >= 11 is 5.30. The first-order valence-corrected chi connectivity index (χ1v) is 27.8. The van der Waals surface area contributed by atoms with Crippen LogP contribution < -0.4 is 23.1 Å². The summed E-state index contributed by atoms with van der Waals surface area (Å²) in [6.07, 6.45) is 0. The molecule has 0 aliphatic carbocycles. The van der Waals surface area contributed by atoms with Gasteiger partial charge < -0.3 is 29.9 Å². The zero-order chi connectivity index (χ0) is 36.5. The molecule has 0 amide bonds. The predicted octanol–water partition coefficient (Wildman–Crippen LogP) is 6.45. The number of phenolic OH excluding ortho intramolecular Hbond substituents is 2. The molecule has 51 heavy (non-hydrogen) atoms. The fraction of sp³-hybridized carbons (Fsp3) is 0.263. The van der Waals surface area contributed by atoms with Crippen molar-refractivity contribution in [3.63, 3.8) is 0 Å². The van der Waals surface area contributed by atoms with E-state index in [2.05, 4.69) is 60.7 Å². The van der Waals surface area contributed by atoms with Crippen molar-refractivity contribution < 1.29 is 52.5 Å². The van der Waals surface area contributed by atoms with Crippen LogP contribution in [0.3, 0.4) is 0 Å². The van der Waals surface area contributed by atoms with Crippen LogP contribution in [0.25, 0.3) is 0 Å². The third-order valence-electron chi connectivity index (χ3n) is 7.27. The van der Waals surface area contributed by atoms with Crippen LogP contribution in [0, 0.1) is 0 Å². The van der Waals surface area contributed by atoms with Gasteiger partial charge in [0, 0.05) is 55.2 Å². The number of carboxylic acids is 1. The molecule has 4 aromatic rings. The van der Waals surface area contributed by atoms with Crippen LogP contribution in [0.2, 0.25) is 0 Å². The number of hydrogen-bond donors (Lipinski definition) is 3. The summed E-state index contributed by atoms with van der Waals surface area (Å²) < 4.78 is 4.35. The van der Waals surface area contributed by atoms with E-state index in [1.165, 1.54) is 24.3 Å². The molecule has 0 saturated carbocycles. The Kier molecular flexibility index (Phi) is 23.0. The number of anilines is 2. The van der Waals surface area contributed by atoms with Crippen molar-refractivity contribution >= 4 is 72.3 Å². The Labute approximate surface area is 330 Å². The minimum atomic E-state index is -1.17. The number of ether oxygens (including phenoxy) is 1. The monoisotopic (exact) mass is 1040 g/mol. The number of carboxylic acid groups (broad SMARTS) is 1. The van der Waals surface area contributed by atoms with Gasteiger partial charge in [-0.1, -0.05) is 51.3 Å². The molecule has 5 rings (SSSR count). The number of rotatable bonds is 9. The number of carbonyl (C=O) groups excluding carboxylic acids is 3. The average molecular weight is 1040 g/mol. The second-order valence-electron chi connectivity index (χ2n) is 10.0. The van der Waals surface area contributed by atoms with Gasteiger partial charge in [-0.15, -0.1) is 0 Å². The number of aromatic hydroxyl groups is 2. The van der Waals surface area contributed by atoms with Crippen molar-refractivity contribution in [2.45, 2.75) is 42.5 Å². The van der Waals surface area contributed by atoms with Gasteiger partial charge in [-0.05, 0) is 70.2 Å². The second kappa shape index (κ2) is 24.7. The van der Waals surface area contributed by atoms with Crippen LogP contribution in [0.4, 0.5) is 11.4 Å². The van der Waals surface area contributed by atoms with Gasteiger partial charge in [-0.3, -0.25) is 4.79 Å². The number of esters is 2. The third kappa shape index (κ3) is 13.9. The number of fused-ring (bicyclic) bond motifs is 1. The molecule has 1 aliphatic heterocycles. The maximum Gasteiger partial charge on any atom is 0.346 e. The van der Waals surface area contributed by atoms with Crippen molar-refractivity contribution in [2.75, 3.05) is 36.0 Å². The van der Waals surface area contributed by atoms with Gasteiger partial charge in [0.2, 0.25) is 0 Å². The Balaban J connectivity index is 0.000000753. The van der Waals surface area contributed by atoms with E-state index in [1.54, 1.807) is 54.6 Å². The zero-order valence-electron chi connectivity index (χ0n) is 27.4. The van der Waals surface area contributed by atoms with E-state index in [0.29, 0.717) is 30.1 Å². The fourth-order valence-electron chi connectivity index (χ4n) is 4.82. The van der Waals surface area contributed by atoms with E-state index in [0.717, 1.165) is 37.6 Å². The van der Waals surface area contributed by atoms with E-state index < -0.39 is 23.7 Å². The van der Waals surface area contributed by atoms with Crippen molar-refractivity contribution in [1.82, 2.24) is 0 Å². The topological polar surface area (TPSA) is 145 Å². The molecule has 0 radical (unpaired) electrons. The van der Waals surface area contributed by atoms with Crippen LogP contribution in [0.15, 0.2) is 91.0 Å². The molecule has 13 heteroatoms. The van der Waals surface area contributed by atoms with E-state index in [9.17, 15) is 34.5 Å². The molecule has 0 atom stereocenters. The van der Waals surface area contributed by atoms with Gasteiger partial charge in [-0.25, -0.2) is 14.4 Å². The predicted molar refractivity (Wildman–Crippen MR) is 218 cm³/mol. The van der Waals surface area contributed by atoms with Crippen molar-refractivity contribution in [3.8, 4) is 11.5 Å². The maximum absolute atomic E-state index is 12.6. The van der Waals surface area contributed by atoms with Gasteiger partial charge in [0.05, 0.1) is 22.3 Å². The number of hydrogen-bond acceptors (Lipinski definition) is 9. The number of cyclic esters (lactones) is 2. The number of ketones is 1. The molecule has 0 fully saturated rings. The molecule has 4 aromatic carbocycles. The minimum absolute atomic E-state index is 0. The van der Waals surface area contributed by atoms with Crippen molar-refractivity contribution in [1.29, 1.82) is 0 Å². The van der Waals surface area contributed by atoms with Gasteiger partial charge in [0.15, 0.2) is 5.78 Å². The fourth-order valence-corrected chi connectivity index (χ4v) is 4.82. The molecular weight excluding hydrogens is 993 g/mol. The molecule has 0 spiro atoms. The molecule has 1 aliphatic rings. The number of phenols is 2. The summed E-state index contributed by atoms with van der Waals surface area (Å²) in [6.45, 7) is 11.7. The Morgan fingerprint density at radius 1 is 0.647 bits per heavy atom. The normalized spacial score (nSPS) is 10.5. The molecule has 0 unspecified atom stereocenters. The quantitative estimate of drug-likeness (QED) is 0.0741. The number of aromatic carboxylic acids is 1. The molecule has 3 N–H and O–H groups in total. The largest absolute Gasteiger partial charge is 0.386 e. The molecule has 0 saturated heterocycles. The minimum Gasteiger partial charge on any atom is -0.386 e. The standard InChI is InChI=1S/C18H19NO4.C10H15NO.C8H4O3.2CH4.I3/c1-3-19(4-2)12-9-10-15(16(20)11-12)17(21)13-7-5-6-8-14(13)18(22)23;1-3-11(4-2)9-6-5-7-10(12)8-9;9-7-5-3-1-2-4-6(5)8(10)11-7;;;1-3-2/h5-11,20H,3-4H2,1-2H3,(H,22,23);5-8,12H,3-4H2,1-2H3;1-4H;2*1H4;/q;;;;;-1. The van der Waals surface area contributed by atoms with E-state index in [4.69, 9.17) is 0 Å². The molecule has 10 nitrogen and oxygen atoms in total. The summed E-state index contributed by atoms with van der Waals surface area (Å²) in [5.41, 5.74) is 2.69. The number of halogens is 3. The smallest absolute Gasteiger partial charge is 0.346 e. The Morgan fingerprint density at radius 2 is 1.10 bits per heavy atom. The summed E-state index contributed by atoms with van der Waals surface area (Å²) in [7, 11) is 0. The van der Waals surface area contributed by atoms with Gasteiger partial charge in [-0.2, -0.15) is 0 Å². The Hall–Kier alpha value is -3.45. The van der Waals surface area contributed by atoms with Crippen molar-refractivity contribution in [3.05, 3.63) is 119 Å². The summed E-state index contributed by atoms with van der Waals surface area (Å²) in [5.74, 6) is -2.60. The van der Waals surface area contributed by atoms with E-state index in [-0.39, 0.29) is 37.3 Å². The van der Waals surface area contributed by atoms with Crippen molar-refractivity contribution in [2.24, 2.45) is 0 Å². The maximum atomic E-state index is 12.6. The van der Waals surface area contributed by atoms with Crippen LogP contribution in [0.5, 0.6) is 11.5 Å². The van der Waals surface area contributed by atoms with Gasteiger partial charge in [0.25, 0.3) is 0 Å². The second-order valence-corrected chi connectivity index (χ2v) is 26.3. The van der Waals surface area contributed by atoms with Crippen LogP contribution >= 0.6 is 37.2 Å². The Morgan fingerprint density at radius 3 is 1.53 bits per heavy atom. The Bertz CT molecular complexity index is 1690. The number of carbonyl (C=O) groups is 4. The summed E-state index contributed by atoms with van der Waals surface area (Å²) in [5, 5.41) is 28.6. The molecule has 278 valence electrons.